The summed E-state index contributed by atoms with van der Waals surface area (Å²) in [4.78, 5) is 14.4. The molecule has 0 radical (unpaired) electrons. The molecule has 0 N–H and O–H groups in total. The number of amides is 1. The summed E-state index contributed by atoms with van der Waals surface area (Å²) in [5.74, 6) is 0.633. The molecule has 1 amide bonds. The van der Waals surface area contributed by atoms with Gasteiger partial charge in [-0.1, -0.05) is 30.3 Å². The first kappa shape index (κ1) is 16.2. The second-order valence-corrected chi connectivity index (χ2v) is 6.21. The van der Waals surface area contributed by atoms with Crippen molar-refractivity contribution < 1.29 is 4.79 Å². The molecule has 2 aromatic rings. The number of rotatable bonds is 4. The molecule has 0 aliphatic carbocycles. The van der Waals surface area contributed by atoms with E-state index < -0.39 is 0 Å². The Labute approximate surface area is 141 Å². The Bertz CT molecular complexity index is 742. The molecule has 1 aromatic heterocycles. The number of carbonyl (C=O) groups is 1. The number of aromatic nitrogens is 2. The normalized spacial score (nSPS) is 14.2. The van der Waals surface area contributed by atoms with Gasteiger partial charge in [0.15, 0.2) is 5.82 Å². The minimum absolute atomic E-state index is 0.117. The van der Waals surface area contributed by atoms with Crippen LogP contribution in [0.5, 0.6) is 0 Å². The van der Waals surface area contributed by atoms with Crippen LogP contribution in [0.3, 0.4) is 0 Å². The van der Waals surface area contributed by atoms with Crippen molar-refractivity contribution in [2.45, 2.75) is 39.3 Å². The predicted octanol–water partition coefficient (Wildman–Crippen LogP) is 3.10. The standard InChI is InChI=1S/C18H21N5O/c1-13(2)19-21-17-11-15-12-23(9-8-16(15)20-22-17)18(24)10-14-6-4-3-5-7-14/h3-7,11,13H,8-10,12H2,1-2H3. The predicted molar refractivity (Wildman–Crippen MR) is 91.0 cm³/mol. The number of fused-ring (bicyclic) bond motifs is 1. The lowest BCUT2D eigenvalue weighted by atomic mass is 10.0. The van der Waals surface area contributed by atoms with E-state index in [1.54, 1.807) is 0 Å². The summed E-state index contributed by atoms with van der Waals surface area (Å²) in [6.07, 6.45) is 1.15. The Morgan fingerprint density at radius 2 is 2.04 bits per heavy atom. The highest BCUT2D eigenvalue weighted by Gasteiger charge is 2.22. The van der Waals surface area contributed by atoms with Gasteiger partial charge in [0.1, 0.15) is 0 Å². The highest BCUT2D eigenvalue weighted by atomic mass is 16.2. The van der Waals surface area contributed by atoms with Gasteiger partial charge in [0.25, 0.3) is 0 Å². The van der Waals surface area contributed by atoms with Crippen molar-refractivity contribution in [2.75, 3.05) is 6.54 Å². The molecule has 0 bridgehead atoms. The van der Waals surface area contributed by atoms with Gasteiger partial charge in [-0.15, -0.1) is 10.2 Å². The number of benzene rings is 1. The fraction of sp³-hybridized carbons (Fsp3) is 0.389. The second kappa shape index (κ2) is 7.29. The molecule has 2 heterocycles. The molecular weight excluding hydrogens is 302 g/mol. The van der Waals surface area contributed by atoms with Gasteiger partial charge < -0.3 is 4.90 Å². The molecular formula is C18H21N5O. The van der Waals surface area contributed by atoms with Crippen LogP contribution in [0.2, 0.25) is 0 Å². The Hall–Kier alpha value is -2.63. The first-order valence-corrected chi connectivity index (χ1v) is 8.20. The highest BCUT2D eigenvalue weighted by molar-refractivity contribution is 5.79. The van der Waals surface area contributed by atoms with Crippen LogP contribution in [-0.4, -0.2) is 33.6 Å². The summed E-state index contributed by atoms with van der Waals surface area (Å²) in [5.41, 5.74) is 2.99. The molecule has 24 heavy (non-hydrogen) atoms. The molecule has 0 saturated heterocycles. The van der Waals surface area contributed by atoms with E-state index in [2.05, 4.69) is 20.4 Å². The maximum atomic E-state index is 12.5. The monoisotopic (exact) mass is 323 g/mol. The van der Waals surface area contributed by atoms with Crippen molar-refractivity contribution in [3.8, 4) is 0 Å². The smallest absolute Gasteiger partial charge is 0.227 e. The second-order valence-electron chi connectivity index (χ2n) is 6.21. The van der Waals surface area contributed by atoms with E-state index in [1.807, 2.05) is 55.1 Å². The highest BCUT2D eigenvalue weighted by Crippen LogP contribution is 2.21. The summed E-state index contributed by atoms with van der Waals surface area (Å²) in [6.45, 7) is 5.15. The van der Waals surface area contributed by atoms with Crippen molar-refractivity contribution in [3.63, 3.8) is 0 Å². The molecule has 0 fully saturated rings. The summed E-state index contributed by atoms with van der Waals surface area (Å²) >= 11 is 0. The Kier molecular flexibility index (Phi) is 4.93. The Balaban J connectivity index is 1.70. The molecule has 3 rings (SSSR count). The maximum Gasteiger partial charge on any atom is 0.227 e. The quantitative estimate of drug-likeness (QED) is 0.812. The molecule has 1 aliphatic rings. The third-order valence-electron chi connectivity index (χ3n) is 3.87. The zero-order valence-corrected chi connectivity index (χ0v) is 14.0. The van der Waals surface area contributed by atoms with E-state index in [-0.39, 0.29) is 11.9 Å². The number of azo groups is 1. The summed E-state index contributed by atoms with van der Waals surface area (Å²) in [7, 11) is 0. The summed E-state index contributed by atoms with van der Waals surface area (Å²) in [5, 5.41) is 16.5. The van der Waals surface area contributed by atoms with Crippen molar-refractivity contribution in [3.05, 3.63) is 53.2 Å². The Morgan fingerprint density at radius 3 is 2.79 bits per heavy atom. The van der Waals surface area contributed by atoms with Crippen LogP contribution in [0.4, 0.5) is 5.82 Å². The molecule has 6 nitrogen and oxygen atoms in total. The van der Waals surface area contributed by atoms with Gasteiger partial charge in [0.2, 0.25) is 5.91 Å². The summed E-state index contributed by atoms with van der Waals surface area (Å²) < 4.78 is 0. The average molecular weight is 323 g/mol. The van der Waals surface area contributed by atoms with Crippen molar-refractivity contribution in [2.24, 2.45) is 10.2 Å². The fourth-order valence-electron chi connectivity index (χ4n) is 2.64. The molecule has 6 heteroatoms. The van der Waals surface area contributed by atoms with E-state index in [0.29, 0.717) is 25.3 Å². The van der Waals surface area contributed by atoms with E-state index in [1.165, 1.54) is 0 Å². The van der Waals surface area contributed by atoms with Crippen LogP contribution in [0.15, 0.2) is 46.6 Å². The molecule has 0 atom stereocenters. The lowest BCUT2D eigenvalue weighted by Gasteiger charge is -2.28. The van der Waals surface area contributed by atoms with Gasteiger partial charge in [-0.3, -0.25) is 4.79 Å². The van der Waals surface area contributed by atoms with Crippen LogP contribution in [-0.2, 0) is 24.2 Å². The molecule has 1 aliphatic heterocycles. The summed E-state index contributed by atoms with van der Waals surface area (Å²) in [6, 6.07) is 11.8. The number of hydrogen-bond donors (Lipinski definition) is 0. The maximum absolute atomic E-state index is 12.5. The van der Waals surface area contributed by atoms with E-state index in [4.69, 9.17) is 0 Å². The fourth-order valence-corrected chi connectivity index (χ4v) is 2.64. The van der Waals surface area contributed by atoms with Crippen molar-refractivity contribution in [1.82, 2.24) is 15.1 Å². The zero-order chi connectivity index (χ0) is 16.9. The molecule has 1 aromatic carbocycles. The SMILES string of the molecule is CC(C)N=Nc1cc2c(nn1)CCN(C(=O)Cc1ccccc1)C2. The lowest BCUT2D eigenvalue weighted by Crippen LogP contribution is -2.37. The largest absolute Gasteiger partial charge is 0.338 e. The van der Waals surface area contributed by atoms with Crippen LogP contribution >= 0.6 is 0 Å². The average Bonchev–Trinajstić information content (AvgIpc) is 2.60. The topological polar surface area (TPSA) is 70.8 Å². The number of nitrogens with zero attached hydrogens (tertiary/aromatic N) is 5. The minimum atomic E-state index is 0.117. The van der Waals surface area contributed by atoms with Gasteiger partial charge in [-0.25, -0.2) is 0 Å². The van der Waals surface area contributed by atoms with Gasteiger partial charge >= 0.3 is 0 Å². The number of hydrogen-bond acceptors (Lipinski definition) is 5. The van der Waals surface area contributed by atoms with Crippen LogP contribution in [0, 0.1) is 0 Å². The third kappa shape index (κ3) is 4.01. The first-order chi connectivity index (χ1) is 11.6. The van der Waals surface area contributed by atoms with Crippen LogP contribution in [0.25, 0.3) is 0 Å². The molecule has 124 valence electrons. The van der Waals surface area contributed by atoms with E-state index in [9.17, 15) is 4.79 Å². The first-order valence-electron chi connectivity index (χ1n) is 8.20. The van der Waals surface area contributed by atoms with Gasteiger partial charge in [-0.2, -0.15) is 10.2 Å². The van der Waals surface area contributed by atoms with Crippen LogP contribution < -0.4 is 0 Å². The van der Waals surface area contributed by atoms with E-state index in [0.717, 1.165) is 23.2 Å². The Morgan fingerprint density at radius 1 is 1.25 bits per heavy atom. The third-order valence-corrected chi connectivity index (χ3v) is 3.87. The molecule has 0 unspecified atom stereocenters. The lowest BCUT2D eigenvalue weighted by molar-refractivity contribution is -0.131. The molecule has 0 spiro atoms. The van der Waals surface area contributed by atoms with Gasteiger partial charge in [0.05, 0.1) is 18.2 Å². The van der Waals surface area contributed by atoms with Crippen LogP contribution in [0.1, 0.15) is 30.7 Å². The van der Waals surface area contributed by atoms with Crippen molar-refractivity contribution >= 4 is 11.7 Å². The van der Waals surface area contributed by atoms with Gasteiger partial charge in [0, 0.05) is 19.5 Å². The zero-order valence-electron chi connectivity index (χ0n) is 14.0. The van der Waals surface area contributed by atoms with E-state index >= 15 is 0 Å². The van der Waals surface area contributed by atoms with Gasteiger partial charge in [-0.05, 0) is 31.0 Å². The van der Waals surface area contributed by atoms with Crippen molar-refractivity contribution in [1.29, 1.82) is 0 Å². The molecule has 0 saturated carbocycles. The number of carbonyl (C=O) groups excluding carboxylic acids is 1. The minimum Gasteiger partial charge on any atom is -0.338 e.